The summed E-state index contributed by atoms with van der Waals surface area (Å²) in [6, 6.07) is 11.6. The van der Waals surface area contributed by atoms with E-state index in [4.69, 9.17) is 9.47 Å². The van der Waals surface area contributed by atoms with Gasteiger partial charge in [0.05, 0.1) is 6.42 Å². The highest BCUT2D eigenvalue weighted by atomic mass is 16.7. The molecule has 0 saturated heterocycles. The molecule has 1 fully saturated rings. The molecule has 1 saturated carbocycles. The summed E-state index contributed by atoms with van der Waals surface area (Å²) in [4.78, 5) is 19.6. The van der Waals surface area contributed by atoms with Crippen molar-refractivity contribution in [1.82, 2.24) is 4.98 Å². The summed E-state index contributed by atoms with van der Waals surface area (Å²) in [6.07, 6.45) is 7.61. The van der Waals surface area contributed by atoms with Gasteiger partial charge in [-0.3, -0.25) is 9.69 Å². The molecule has 2 aromatic rings. The first-order valence-electron chi connectivity index (χ1n) is 9.53. The van der Waals surface area contributed by atoms with E-state index in [0.29, 0.717) is 5.75 Å². The lowest BCUT2D eigenvalue weighted by molar-refractivity contribution is -0.118. The zero-order chi connectivity index (χ0) is 18.6. The van der Waals surface area contributed by atoms with Crippen LogP contribution in [0.3, 0.4) is 0 Å². The molecule has 140 valence electrons. The van der Waals surface area contributed by atoms with Crippen LogP contribution >= 0.6 is 0 Å². The van der Waals surface area contributed by atoms with E-state index < -0.39 is 0 Å². The Balaban J connectivity index is 1.53. The van der Waals surface area contributed by atoms with Crippen molar-refractivity contribution < 1.29 is 14.3 Å². The molecule has 0 N–H and O–H groups in total. The summed E-state index contributed by atoms with van der Waals surface area (Å²) in [5.74, 6) is 2.21. The Hall–Kier alpha value is -2.82. The molecule has 1 aromatic carbocycles. The van der Waals surface area contributed by atoms with E-state index in [2.05, 4.69) is 11.6 Å². The third-order valence-corrected chi connectivity index (χ3v) is 5.25. The zero-order valence-electron chi connectivity index (χ0n) is 15.4. The molecule has 0 unspecified atom stereocenters. The Labute approximate surface area is 159 Å². The molecule has 0 spiro atoms. The van der Waals surface area contributed by atoms with Gasteiger partial charge in [0, 0.05) is 12.2 Å². The Morgan fingerprint density at radius 3 is 2.70 bits per heavy atom. The third kappa shape index (κ3) is 3.82. The SMILES string of the molecule is C=C(CC(=O)N(c1ccccn1)C1CCCCC1)c1ccc2c(c1)OCO2. The molecule has 2 aliphatic rings. The number of benzene rings is 1. The summed E-state index contributed by atoms with van der Waals surface area (Å²) in [6.45, 7) is 4.38. The standard InChI is InChI=1S/C22H24N2O3/c1-16(17-10-11-19-20(14-17)27-15-26-19)13-22(25)24(18-7-3-2-4-8-18)21-9-5-6-12-23-21/h5-6,9-12,14,18H,1-4,7-8,13,15H2. The van der Waals surface area contributed by atoms with Crippen molar-refractivity contribution >= 4 is 17.3 Å². The summed E-state index contributed by atoms with van der Waals surface area (Å²) < 4.78 is 10.8. The second kappa shape index (κ2) is 7.82. The van der Waals surface area contributed by atoms with Gasteiger partial charge in [-0.25, -0.2) is 4.98 Å². The molecule has 1 amide bonds. The van der Waals surface area contributed by atoms with Crippen LogP contribution < -0.4 is 14.4 Å². The van der Waals surface area contributed by atoms with Gasteiger partial charge in [-0.2, -0.15) is 0 Å². The van der Waals surface area contributed by atoms with Crippen LogP contribution in [-0.2, 0) is 4.79 Å². The largest absolute Gasteiger partial charge is 0.454 e. The molecule has 4 rings (SSSR count). The minimum absolute atomic E-state index is 0.0447. The van der Waals surface area contributed by atoms with Crippen molar-refractivity contribution in [2.45, 2.75) is 44.6 Å². The Bertz CT molecular complexity index is 829. The number of ether oxygens (including phenoxy) is 2. The van der Waals surface area contributed by atoms with Gasteiger partial charge in [-0.1, -0.05) is 38.0 Å². The van der Waals surface area contributed by atoms with E-state index in [1.54, 1.807) is 6.20 Å². The van der Waals surface area contributed by atoms with Gasteiger partial charge in [0.2, 0.25) is 12.7 Å². The van der Waals surface area contributed by atoms with Crippen molar-refractivity contribution in [3.05, 3.63) is 54.7 Å². The molecule has 0 atom stereocenters. The van der Waals surface area contributed by atoms with E-state index in [1.165, 1.54) is 6.42 Å². The molecule has 2 heterocycles. The monoisotopic (exact) mass is 364 g/mol. The predicted octanol–water partition coefficient (Wildman–Crippen LogP) is 4.58. The van der Waals surface area contributed by atoms with E-state index in [-0.39, 0.29) is 25.2 Å². The lowest BCUT2D eigenvalue weighted by Crippen LogP contribution is -2.42. The van der Waals surface area contributed by atoms with Crippen LogP contribution in [0.4, 0.5) is 5.82 Å². The number of carbonyl (C=O) groups is 1. The first-order chi connectivity index (χ1) is 13.2. The fourth-order valence-electron chi connectivity index (χ4n) is 3.84. The second-order valence-electron chi connectivity index (χ2n) is 7.09. The summed E-state index contributed by atoms with van der Waals surface area (Å²) in [7, 11) is 0. The number of pyridine rings is 1. The molecule has 5 heteroatoms. The number of fused-ring (bicyclic) bond motifs is 1. The van der Waals surface area contributed by atoms with E-state index >= 15 is 0 Å². The highest BCUT2D eigenvalue weighted by molar-refractivity contribution is 5.99. The summed E-state index contributed by atoms with van der Waals surface area (Å²) >= 11 is 0. The van der Waals surface area contributed by atoms with Gasteiger partial charge in [-0.05, 0) is 48.2 Å². The molecular formula is C22H24N2O3. The molecule has 1 aromatic heterocycles. The van der Waals surface area contributed by atoms with Gasteiger partial charge < -0.3 is 9.47 Å². The maximum absolute atomic E-state index is 13.2. The Morgan fingerprint density at radius 2 is 1.93 bits per heavy atom. The smallest absolute Gasteiger partial charge is 0.232 e. The fourth-order valence-corrected chi connectivity index (χ4v) is 3.84. The average Bonchev–Trinajstić information content (AvgIpc) is 3.17. The van der Waals surface area contributed by atoms with Crippen molar-refractivity contribution in [3.8, 4) is 11.5 Å². The Kier molecular flexibility index (Phi) is 5.10. The van der Waals surface area contributed by atoms with E-state index in [9.17, 15) is 4.79 Å². The normalized spacial score (nSPS) is 16.1. The number of nitrogens with zero attached hydrogens (tertiary/aromatic N) is 2. The predicted molar refractivity (Wildman–Crippen MR) is 105 cm³/mol. The third-order valence-electron chi connectivity index (χ3n) is 5.25. The number of carbonyl (C=O) groups excluding carboxylic acids is 1. The minimum atomic E-state index is 0.0447. The van der Waals surface area contributed by atoms with Crippen LogP contribution in [0.25, 0.3) is 5.57 Å². The molecule has 5 nitrogen and oxygen atoms in total. The van der Waals surface area contributed by atoms with E-state index in [0.717, 1.165) is 48.4 Å². The van der Waals surface area contributed by atoms with Gasteiger partial charge in [-0.15, -0.1) is 0 Å². The van der Waals surface area contributed by atoms with Gasteiger partial charge in [0.15, 0.2) is 11.5 Å². The van der Waals surface area contributed by atoms with Crippen LogP contribution in [0.1, 0.15) is 44.1 Å². The van der Waals surface area contributed by atoms with Crippen molar-refractivity contribution in [2.75, 3.05) is 11.7 Å². The maximum atomic E-state index is 13.2. The fraction of sp³-hybridized carbons (Fsp3) is 0.364. The van der Waals surface area contributed by atoms with Crippen molar-refractivity contribution in [1.29, 1.82) is 0 Å². The lowest BCUT2D eigenvalue weighted by Gasteiger charge is -2.34. The minimum Gasteiger partial charge on any atom is -0.454 e. The number of hydrogen-bond donors (Lipinski definition) is 0. The van der Waals surface area contributed by atoms with Crippen molar-refractivity contribution in [3.63, 3.8) is 0 Å². The van der Waals surface area contributed by atoms with Crippen LogP contribution in [-0.4, -0.2) is 23.7 Å². The van der Waals surface area contributed by atoms with Crippen LogP contribution in [0, 0.1) is 0 Å². The summed E-state index contributed by atoms with van der Waals surface area (Å²) in [5, 5.41) is 0. The molecule has 1 aliphatic heterocycles. The molecule has 27 heavy (non-hydrogen) atoms. The second-order valence-corrected chi connectivity index (χ2v) is 7.09. The van der Waals surface area contributed by atoms with Gasteiger partial charge in [0.1, 0.15) is 5.82 Å². The average molecular weight is 364 g/mol. The van der Waals surface area contributed by atoms with E-state index in [1.807, 2.05) is 41.3 Å². The highest BCUT2D eigenvalue weighted by Crippen LogP contribution is 2.35. The summed E-state index contributed by atoms with van der Waals surface area (Å²) in [5.41, 5.74) is 1.67. The molecule has 0 radical (unpaired) electrons. The number of amides is 1. The number of hydrogen-bond acceptors (Lipinski definition) is 4. The molecular weight excluding hydrogens is 340 g/mol. The van der Waals surface area contributed by atoms with Crippen molar-refractivity contribution in [2.24, 2.45) is 0 Å². The van der Waals surface area contributed by atoms with Crippen LogP contribution in [0.15, 0.2) is 49.2 Å². The Morgan fingerprint density at radius 1 is 1.11 bits per heavy atom. The first-order valence-corrected chi connectivity index (χ1v) is 9.53. The van der Waals surface area contributed by atoms with Gasteiger partial charge in [0.25, 0.3) is 0 Å². The highest BCUT2D eigenvalue weighted by Gasteiger charge is 2.28. The van der Waals surface area contributed by atoms with Crippen LogP contribution in [0.5, 0.6) is 11.5 Å². The molecule has 0 bridgehead atoms. The number of aromatic nitrogens is 1. The zero-order valence-corrected chi connectivity index (χ0v) is 15.4. The lowest BCUT2D eigenvalue weighted by atomic mass is 9.93. The topological polar surface area (TPSA) is 51.7 Å². The quantitative estimate of drug-likeness (QED) is 0.779. The van der Waals surface area contributed by atoms with Crippen LogP contribution in [0.2, 0.25) is 0 Å². The van der Waals surface area contributed by atoms with Gasteiger partial charge >= 0.3 is 0 Å². The molecule has 1 aliphatic carbocycles. The first kappa shape index (κ1) is 17.6. The number of anilines is 1. The maximum Gasteiger partial charge on any atom is 0.232 e. The number of rotatable bonds is 5.